The van der Waals surface area contributed by atoms with E-state index >= 15 is 0 Å². The Bertz CT molecular complexity index is 260. The Balaban J connectivity index is 2.79. The topological polar surface area (TPSA) is 12.9 Å². The normalized spacial score (nSPS) is 10.7. The minimum atomic E-state index is -0.314. The Morgan fingerprint density at radius 1 is 1.55 bits per heavy atom. The number of hydrogen-bond donors (Lipinski definition) is 1. The zero-order chi connectivity index (χ0) is 8.10. The lowest BCUT2D eigenvalue weighted by Gasteiger charge is -1.90. The summed E-state index contributed by atoms with van der Waals surface area (Å²) in [6, 6.07) is 1.42. The Morgan fingerprint density at radius 3 is 3.00 bits per heavy atom. The fourth-order valence-corrected chi connectivity index (χ4v) is 0.814. The lowest BCUT2D eigenvalue weighted by atomic mass is 10.2. The van der Waals surface area contributed by atoms with Gasteiger partial charge in [0.2, 0.25) is 0 Å². The molecule has 0 aliphatic heterocycles. The molecule has 58 valence electrons. The molecule has 0 unspecified atom stereocenters. The molecule has 0 saturated heterocycles. The molecule has 0 bridgehead atoms. The van der Waals surface area contributed by atoms with Crippen molar-refractivity contribution in [1.82, 2.24) is 4.98 Å². The maximum Gasteiger partial charge on any atom is 0.142 e. The molecule has 0 N–H and O–H groups in total. The molecule has 0 saturated carbocycles. The van der Waals surface area contributed by atoms with E-state index in [4.69, 9.17) is 0 Å². The van der Waals surface area contributed by atoms with E-state index in [1.54, 1.807) is 12.3 Å². The first-order chi connectivity index (χ1) is 5.33. The number of pyridine rings is 1. The Morgan fingerprint density at radius 2 is 2.36 bits per heavy atom. The summed E-state index contributed by atoms with van der Waals surface area (Å²) in [5.74, 6) is 0.336. The van der Waals surface area contributed by atoms with Crippen LogP contribution in [0.25, 0.3) is 6.08 Å². The van der Waals surface area contributed by atoms with Gasteiger partial charge in [0.15, 0.2) is 0 Å². The highest BCUT2D eigenvalue weighted by Gasteiger charge is 1.89. The molecule has 1 rings (SSSR count). The zero-order valence-corrected chi connectivity index (χ0v) is 6.76. The van der Waals surface area contributed by atoms with Gasteiger partial charge in [-0.05, 0) is 11.6 Å². The minimum Gasteiger partial charge on any atom is -0.261 e. The van der Waals surface area contributed by atoms with E-state index in [9.17, 15) is 4.39 Å². The van der Waals surface area contributed by atoms with Crippen molar-refractivity contribution in [3.05, 3.63) is 35.9 Å². The van der Waals surface area contributed by atoms with Crippen LogP contribution in [0.3, 0.4) is 0 Å². The summed E-state index contributed by atoms with van der Waals surface area (Å²) in [7, 11) is 0. The van der Waals surface area contributed by atoms with Gasteiger partial charge in [-0.2, -0.15) is 12.6 Å². The summed E-state index contributed by atoms with van der Waals surface area (Å²) in [6.45, 7) is 0. The van der Waals surface area contributed by atoms with Gasteiger partial charge in [-0.1, -0.05) is 12.2 Å². The quantitative estimate of drug-likeness (QED) is 0.669. The van der Waals surface area contributed by atoms with Crippen molar-refractivity contribution in [3.8, 4) is 0 Å². The van der Waals surface area contributed by atoms with Gasteiger partial charge in [0.1, 0.15) is 5.82 Å². The summed E-state index contributed by atoms with van der Waals surface area (Å²) in [4.78, 5) is 3.69. The van der Waals surface area contributed by atoms with Crippen molar-refractivity contribution in [1.29, 1.82) is 0 Å². The standard InChI is InChI=1S/C8H8FNS/c9-8-4-7(2-1-3-11)5-10-6-8/h1-2,4-6,11H,3H2. The molecule has 0 aliphatic rings. The van der Waals surface area contributed by atoms with Crippen molar-refractivity contribution in [2.24, 2.45) is 0 Å². The van der Waals surface area contributed by atoms with Crippen LogP contribution >= 0.6 is 12.6 Å². The lowest BCUT2D eigenvalue weighted by molar-refractivity contribution is 0.621. The number of halogens is 1. The van der Waals surface area contributed by atoms with E-state index in [0.717, 1.165) is 5.56 Å². The molecule has 1 nitrogen and oxygen atoms in total. The van der Waals surface area contributed by atoms with Crippen molar-refractivity contribution >= 4 is 18.7 Å². The second-order valence-corrected chi connectivity index (χ2v) is 2.39. The van der Waals surface area contributed by atoms with Crippen molar-refractivity contribution in [2.45, 2.75) is 0 Å². The summed E-state index contributed by atoms with van der Waals surface area (Å²) in [5.41, 5.74) is 0.763. The third-order valence-corrected chi connectivity index (χ3v) is 1.35. The first-order valence-corrected chi connectivity index (χ1v) is 3.84. The van der Waals surface area contributed by atoms with Crippen LogP contribution in [0.2, 0.25) is 0 Å². The van der Waals surface area contributed by atoms with Crippen LogP contribution in [0.5, 0.6) is 0 Å². The van der Waals surface area contributed by atoms with Gasteiger partial charge in [-0.25, -0.2) is 4.39 Å². The van der Waals surface area contributed by atoms with E-state index in [1.807, 2.05) is 6.08 Å². The number of nitrogens with zero attached hydrogens (tertiary/aromatic N) is 1. The highest BCUT2D eigenvalue weighted by atomic mass is 32.1. The monoisotopic (exact) mass is 169 g/mol. The number of hydrogen-bond acceptors (Lipinski definition) is 2. The molecule has 0 spiro atoms. The molecule has 0 aromatic carbocycles. The third kappa shape index (κ3) is 2.72. The molecule has 11 heavy (non-hydrogen) atoms. The maximum atomic E-state index is 12.5. The Labute approximate surface area is 70.4 Å². The number of rotatable bonds is 2. The molecule has 3 heteroatoms. The van der Waals surface area contributed by atoms with E-state index in [1.165, 1.54) is 12.3 Å². The SMILES string of the molecule is Fc1cncc(C=CCS)c1. The summed E-state index contributed by atoms with van der Waals surface area (Å²) in [5, 5.41) is 0. The van der Waals surface area contributed by atoms with E-state index in [-0.39, 0.29) is 5.82 Å². The van der Waals surface area contributed by atoms with Crippen LogP contribution in [0.15, 0.2) is 24.5 Å². The molecule has 0 amide bonds. The minimum absolute atomic E-state index is 0.314. The lowest BCUT2D eigenvalue weighted by Crippen LogP contribution is -1.79. The van der Waals surface area contributed by atoms with Crippen LogP contribution in [-0.4, -0.2) is 10.7 Å². The van der Waals surface area contributed by atoms with Crippen molar-refractivity contribution in [2.75, 3.05) is 5.75 Å². The van der Waals surface area contributed by atoms with Crippen LogP contribution in [0, 0.1) is 5.82 Å². The molecule has 0 atom stereocenters. The molecule has 1 aromatic rings. The Kier molecular flexibility index (Phi) is 3.11. The van der Waals surface area contributed by atoms with Gasteiger partial charge in [0.25, 0.3) is 0 Å². The fraction of sp³-hybridized carbons (Fsp3) is 0.125. The molecular formula is C8H8FNS. The average Bonchev–Trinajstić information content (AvgIpc) is 2.01. The summed E-state index contributed by atoms with van der Waals surface area (Å²) in [6.07, 6.45) is 6.39. The van der Waals surface area contributed by atoms with E-state index < -0.39 is 0 Å². The predicted molar refractivity (Wildman–Crippen MR) is 47.1 cm³/mol. The van der Waals surface area contributed by atoms with Crippen molar-refractivity contribution < 1.29 is 4.39 Å². The van der Waals surface area contributed by atoms with E-state index in [2.05, 4.69) is 17.6 Å². The van der Waals surface area contributed by atoms with Gasteiger partial charge in [0, 0.05) is 11.9 Å². The van der Waals surface area contributed by atoms with Gasteiger partial charge in [-0.3, -0.25) is 4.98 Å². The third-order valence-electron chi connectivity index (χ3n) is 1.14. The zero-order valence-electron chi connectivity index (χ0n) is 5.87. The largest absolute Gasteiger partial charge is 0.261 e. The van der Waals surface area contributed by atoms with Crippen molar-refractivity contribution in [3.63, 3.8) is 0 Å². The van der Waals surface area contributed by atoms with Gasteiger partial charge >= 0.3 is 0 Å². The molecule has 1 heterocycles. The number of aromatic nitrogens is 1. The molecule has 0 radical (unpaired) electrons. The fourth-order valence-electron chi connectivity index (χ4n) is 0.708. The first kappa shape index (κ1) is 8.27. The summed E-state index contributed by atoms with van der Waals surface area (Å²) < 4.78 is 12.5. The average molecular weight is 169 g/mol. The van der Waals surface area contributed by atoms with Crippen LogP contribution in [0.4, 0.5) is 4.39 Å². The van der Waals surface area contributed by atoms with Crippen LogP contribution in [0.1, 0.15) is 5.56 Å². The molecule has 0 aliphatic carbocycles. The predicted octanol–water partition coefficient (Wildman–Crippen LogP) is 2.16. The second kappa shape index (κ2) is 4.13. The molecule has 1 aromatic heterocycles. The molecular weight excluding hydrogens is 161 g/mol. The smallest absolute Gasteiger partial charge is 0.142 e. The van der Waals surface area contributed by atoms with E-state index in [0.29, 0.717) is 5.75 Å². The summed E-state index contributed by atoms with van der Waals surface area (Å²) >= 11 is 3.98. The maximum absolute atomic E-state index is 12.5. The Hall–Kier alpha value is -0.830. The number of thiol groups is 1. The second-order valence-electron chi connectivity index (χ2n) is 2.02. The highest BCUT2D eigenvalue weighted by Crippen LogP contribution is 2.02. The highest BCUT2D eigenvalue weighted by molar-refractivity contribution is 7.80. The van der Waals surface area contributed by atoms with Crippen LogP contribution < -0.4 is 0 Å². The van der Waals surface area contributed by atoms with Gasteiger partial charge < -0.3 is 0 Å². The van der Waals surface area contributed by atoms with Gasteiger partial charge in [-0.15, -0.1) is 0 Å². The molecule has 0 fully saturated rings. The van der Waals surface area contributed by atoms with Gasteiger partial charge in [0.05, 0.1) is 6.20 Å². The van der Waals surface area contributed by atoms with Crippen LogP contribution in [-0.2, 0) is 0 Å². The first-order valence-electron chi connectivity index (χ1n) is 3.21.